The Morgan fingerprint density at radius 3 is 2.00 bits per heavy atom. The summed E-state index contributed by atoms with van der Waals surface area (Å²) >= 11 is 5.65. The Morgan fingerprint density at radius 2 is 1.70 bits per heavy atom. The molecule has 0 unspecified atom stereocenters. The topological polar surface area (TPSA) is 0 Å². The van der Waals surface area contributed by atoms with Gasteiger partial charge in [-0.3, -0.25) is 0 Å². The summed E-state index contributed by atoms with van der Waals surface area (Å²) in [4.78, 5) is 0. The Bertz CT molecular complexity index is 170. The van der Waals surface area contributed by atoms with Gasteiger partial charge in [0.25, 0.3) is 0 Å². The predicted octanol–water partition coefficient (Wildman–Crippen LogP) is -0.855. The molecule has 0 saturated carbocycles. The molecule has 0 aliphatic rings. The average Bonchev–Trinajstić information content (AvgIpc) is 1.77. The second-order valence-electron chi connectivity index (χ2n) is 1.59. The maximum Gasteiger partial charge on any atom is 2.00 e. The van der Waals surface area contributed by atoms with Gasteiger partial charge in [0.2, 0.25) is 0 Å². The third kappa shape index (κ3) is 3.71. The summed E-state index contributed by atoms with van der Waals surface area (Å²) in [5, 5.41) is 0.729. The molecule has 0 radical (unpaired) electrons. The average molecular weight is 230 g/mol. The summed E-state index contributed by atoms with van der Waals surface area (Å²) in [6.07, 6.45) is 0. The van der Waals surface area contributed by atoms with Crippen molar-refractivity contribution in [2.75, 3.05) is 0 Å². The van der Waals surface area contributed by atoms with E-state index in [2.05, 4.69) is 6.92 Å². The third-order valence-electron chi connectivity index (χ3n) is 0.958. The molecule has 0 aliphatic carbocycles. The molecular weight excluding hydrogens is 224 g/mol. The molecule has 0 bridgehead atoms. The molecule has 10 heavy (non-hydrogen) atoms. The molecule has 0 amide bonds. The molecule has 50 valence electrons. The van der Waals surface area contributed by atoms with Gasteiger partial charge in [0.15, 0.2) is 0 Å². The number of halogens is 2. The Balaban J connectivity index is 0. The van der Waals surface area contributed by atoms with Gasteiger partial charge in [-0.2, -0.15) is 30.2 Å². The Labute approximate surface area is 92.9 Å². The first-order valence-electron chi connectivity index (χ1n) is 2.37. The van der Waals surface area contributed by atoms with Crippen molar-refractivity contribution in [2.24, 2.45) is 0 Å². The van der Waals surface area contributed by atoms with Crippen LogP contribution in [0.5, 0.6) is 0 Å². The van der Waals surface area contributed by atoms with Crippen LogP contribution in [-0.2, 0) is 0 Å². The molecule has 0 spiro atoms. The van der Waals surface area contributed by atoms with Crippen LogP contribution in [0.25, 0.3) is 0 Å². The van der Waals surface area contributed by atoms with E-state index in [1.807, 2.05) is 24.3 Å². The minimum absolute atomic E-state index is 0. The maximum absolute atomic E-state index is 5.65. The molecule has 0 aromatic heterocycles. The van der Waals surface area contributed by atoms with Crippen molar-refractivity contribution >= 4 is 34.7 Å². The van der Waals surface area contributed by atoms with Crippen LogP contribution >= 0.6 is 11.6 Å². The zero-order chi connectivity index (χ0) is 5.98. The van der Waals surface area contributed by atoms with Gasteiger partial charge < -0.3 is 17.0 Å². The van der Waals surface area contributed by atoms with E-state index < -0.39 is 0 Å². The van der Waals surface area contributed by atoms with Crippen molar-refractivity contribution in [3.8, 4) is 0 Å². The zero-order valence-corrected chi connectivity index (χ0v) is 9.24. The fourth-order valence-electron chi connectivity index (χ4n) is 0.498. The van der Waals surface area contributed by atoms with Crippen molar-refractivity contribution in [3.05, 3.63) is 41.8 Å². The van der Waals surface area contributed by atoms with Gasteiger partial charge in [0.1, 0.15) is 0 Å². The van der Waals surface area contributed by atoms with Crippen LogP contribution in [0.15, 0.2) is 24.3 Å². The Kier molecular flexibility index (Phi) is 8.39. The van der Waals surface area contributed by atoms with Crippen LogP contribution in [0.1, 0.15) is 5.56 Å². The van der Waals surface area contributed by atoms with E-state index in [9.17, 15) is 0 Å². The van der Waals surface area contributed by atoms with Crippen molar-refractivity contribution in [3.63, 3.8) is 0 Å². The second-order valence-corrected chi connectivity index (χ2v) is 2.00. The predicted molar refractivity (Wildman–Crippen MR) is 41.7 cm³/mol. The van der Waals surface area contributed by atoms with Crippen LogP contribution in [0.4, 0.5) is 0 Å². The first-order valence-corrected chi connectivity index (χ1v) is 2.75. The molecule has 1 rings (SSSR count). The monoisotopic (exact) mass is 228 g/mol. The van der Waals surface area contributed by atoms with Crippen molar-refractivity contribution in [2.45, 2.75) is 0 Å². The number of rotatable bonds is 0. The molecule has 0 heterocycles. The molecule has 1 aromatic rings. The first-order chi connectivity index (χ1) is 3.80. The van der Waals surface area contributed by atoms with Gasteiger partial charge in [-0.1, -0.05) is 11.1 Å². The van der Waals surface area contributed by atoms with Crippen LogP contribution < -0.4 is 17.0 Å². The Hall–Kier alpha value is 0.626. The van der Waals surface area contributed by atoms with Crippen molar-refractivity contribution < 1.29 is 17.0 Å². The number of benzene rings is 1. The second kappa shape index (κ2) is 6.34. The van der Waals surface area contributed by atoms with Gasteiger partial charge in [-0.15, -0.1) is 12.1 Å². The molecule has 1 aromatic carbocycles. The molecule has 0 atom stereocenters. The maximum atomic E-state index is 5.65. The largest absolute Gasteiger partial charge is 2.00 e. The SMILES string of the molecule is [Br-].[CH2-]c1ccccc1Cl.[Mg+2]. The van der Waals surface area contributed by atoms with E-state index in [-0.39, 0.29) is 40.0 Å². The molecule has 3 heteroatoms. The molecule has 0 aliphatic heterocycles. The Morgan fingerprint density at radius 1 is 1.20 bits per heavy atom. The van der Waals surface area contributed by atoms with Gasteiger partial charge in [-0.25, -0.2) is 0 Å². The van der Waals surface area contributed by atoms with Crippen LogP contribution in [0, 0.1) is 6.92 Å². The van der Waals surface area contributed by atoms with E-state index in [1.165, 1.54) is 0 Å². The third-order valence-corrected chi connectivity index (χ3v) is 1.33. The smallest absolute Gasteiger partial charge is 1.00 e. The fraction of sp³-hybridized carbons (Fsp3) is 0. The minimum Gasteiger partial charge on any atom is -1.00 e. The van der Waals surface area contributed by atoms with Crippen LogP contribution in [0.2, 0.25) is 5.02 Å². The van der Waals surface area contributed by atoms with Crippen LogP contribution in [-0.4, -0.2) is 23.1 Å². The quantitative estimate of drug-likeness (QED) is 0.402. The summed E-state index contributed by atoms with van der Waals surface area (Å²) in [7, 11) is 0. The molecule has 0 N–H and O–H groups in total. The molecular formula is C7H6BrClMg. The summed E-state index contributed by atoms with van der Waals surface area (Å²) < 4.78 is 0. The number of hydrogen-bond donors (Lipinski definition) is 0. The van der Waals surface area contributed by atoms with E-state index >= 15 is 0 Å². The van der Waals surface area contributed by atoms with Crippen LogP contribution in [0.3, 0.4) is 0 Å². The van der Waals surface area contributed by atoms with Gasteiger partial charge in [0, 0.05) is 0 Å². The van der Waals surface area contributed by atoms with Gasteiger partial charge >= 0.3 is 23.1 Å². The molecule has 0 fully saturated rings. The standard InChI is InChI=1S/C7H6Cl.BrH.Mg/c1-6-4-2-3-5-7(6)8;;/h2-5H,1H2;1H;/q-1;;+2/p-1. The normalized spacial score (nSPS) is 7.30. The fourth-order valence-corrected chi connectivity index (χ4v) is 0.634. The molecule has 0 nitrogen and oxygen atoms in total. The minimum atomic E-state index is 0. The zero-order valence-electron chi connectivity index (χ0n) is 5.48. The number of hydrogen-bond acceptors (Lipinski definition) is 0. The van der Waals surface area contributed by atoms with Crippen molar-refractivity contribution in [1.29, 1.82) is 0 Å². The molecule has 0 saturated heterocycles. The van der Waals surface area contributed by atoms with E-state index in [0.717, 1.165) is 10.6 Å². The summed E-state index contributed by atoms with van der Waals surface area (Å²) in [6.45, 7) is 3.69. The summed E-state index contributed by atoms with van der Waals surface area (Å²) in [5.74, 6) is 0. The van der Waals surface area contributed by atoms with Crippen molar-refractivity contribution in [1.82, 2.24) is 0 Å². The van der Waals surface area contributed by atoms with E-state index in [1.54, 1.807) is 0 Å². The van der Waals surface area contributed by atoms with E-state index in [4.69, 9.17) is 11.6 Å². The van der Waals surface area contributed by atoms with Gasteiger partial charge in [0.05, 0.1) is 0 Å². The summed E-state index contributed by atoms with van der Waals surface area (Å²) in [5.41, 5.74) is 0.883. The first kappa shape index (κ1) is 13.2. The summed E-state index contributed by atoms with van der Waals surface area (Å²) in [6, 6.07) is 7.50. The van der Waals surface area contributed by atoms with Gasteiger partial charge in [-0.05, 0) is 0 Å². The van der Waals surface area contributed by atoms with E-state index in [0.29, 0.717) is 0 Å².